The molecule has 0 unspecified atom stereocenters. The molecule has 2 aliphatic rings. The Morgan fingerprint density at radius 2 is 1.71 bits per heavy atom. The van der Waals surface area contributed by atoms with Crippen LogP contribution in [0.2, 0.25) is 5.02 Å². The minimum atomic E-state index is -3.59. The van der Waals surface area contributed by atoms with Gasteiger partial charge in [0.25, 0.3) is 0 Å². The van der Waals surface area contributed by atoms with E-state index < -0.39 is 15.6 Å². The molecule has 1 spiro atoms. The minimum Gasteiger partial charge on any atom is -0.486 e. The molecule has 7 heteroatoms. The predicted octanol–water partition coefficient (Wildman–Crippen LogP) is 4.15. The van der Waals surface area contributed by atoms with Crippen molar-refractivity contribution in [3.63, 3.8) is 0 Å². The summed E-state index contributed by atoms with van der Waals surface area (Å²) in [4.78, 5) is 13.0. The highest BCUT2D eigenvalue weighted by atomic mass is 35.5. The Balaban J connectivity index is 1.55. The van der Waals surface area contributed by atoms with E-state index in [-0.39, 0.29) is 10.7 Å². The van der Waals surface area contributed by atoms with Crippen molar-refractivity contribution in [1.82, 2.24) is 4.31 Å². The third-order valence-corrected chi connectivity index (χ3v) is 7.78. The second kappa shape index (κ2) is 6.87. The lowest BCUT2D eigenvalue weighted by atomic mass is 9.82. The van der Waals surface area contributed by atoms with Gasteiger partial charge >= 0.3 is 0 Å². The van der Waals surface area contributed by atoms with Gasteiger partial charge in [-0.25, -0.2) is 8.42 Å². The van der Waals surface area contributed by atoms with Gasteiger partial charge in [0.15, 0.2) is 5.78 Å². The third-order valence-electron chi connectivity index (χ3n) is 5.62. The van der Waals surface area contributed by atoms with Crippen LogP contribution in [0.25, 0.3) is 0 Å². The first-order valence-corrected chi connectivity index (χ1v) is 11.1. The van der Waals surface area contributed by atoms with Gasteiger partial charge < -0.3 is 4.74 Å². The summed E-state index contributed by atoms with van der Waals surface area (Å²) < 4.78 is 33.6. The zero-order valence-corrected chi connectivity index (χ0v) is 17.4. The highest BCUT2D eigenvalue weighted by molar-refractivity contribution is 7.89. The van der Waals surface area contributed by atoms with Gasteiger partial charge in [-0.05, 0) is 55.3 Å². The highest BCUT2D eigenvalue weighted by Gasteiger charge is 2.45. The van der Waals surface area contributed by atoms with Crippen LogP contribution in [0, 0.1) is 13.8 Å². The van der Waals surface area contributed by atoms with E-state index in [0.29, 0.717) is 48.7 Å². The van der Waals surface area contributed by atoms with E-state index in [1.54, 1.807) is 12.1 Å². The van der Waals surface area contributed by atoms with E-state index in [1.165, 1.54) is 16.4 Å². The van der Waals surface area contributed by atoms with E-state index in [9.17, 15) is 13.2 Å². The molecule has 0 amide bonds. The molecule has 1 fully saturated rings. The topological polar surface area (TPSA) is 63.7 Å². The summed E-state index contributed by atoms with van der Waals surface area (Å²) in [5.41, 5.74) is 2.00. The molecule has 2 aromatic carbocycles. The number of rotatable bonds is 2. The van der Waals surface area contributed by atoms with E-state index in [4.69, 9.17) is 16.3 Å². The van der Waals surface area contributed by atoms with Crippen LogP contribution in [-0.2, 0) is 10.0 Å². The van der Waals surface area contributed by atoms with Gasteiger partial charge in [-0.15, -0.1) is 0 Å². The van der Waals surface area contributed by atoms with Crippen LogP contribution in [0.5, 0.6) is 5.75 Å². The fourth-order valence-corrected chi connectivity index (χ4v) is 5.75. The average molecular weight is 420 g/mol. The lowest BCUT2D eigenvalue weighted by molar-refractivity contribution is 0.00578. The molecule has 1 saturated heterocycles. The number of hydrogen-bond acceptors (Lipinski definition) is 4. The maximum Gasteiger partial charge on any atom is 0.243 e. The summed E-state index contributed by atoms with van der Waals surface area (Å²) in [6.45, 7) is 4.53. The third kappa shape index (κ3) is 3.34. The summed E-state index contributed by atoms with van der Waals surface area (Å²) in [6, 6.07) is 10.1. The number of aryl methyl sites for hydroxylation is 2. The van der Waals surface area contributed by atoms with Gasteiger partial charge in [0.05, 0.1) is 16.9 Å². The number of benzene rings is 2. The first-order valence-electron chi connectivity index (χ1n) is 9.29. The van der Waals surface area contributed by atoms with Gasteiger partial charge in [-0.1, -0.05) is 17.7 Å². The molecule has 0 saturated carbocycles. The SMILES string of the molecule is Cc1cc(C)c2c(c1)OC1(CCN(S(=O)(=O)c3ccc(Cl)cc3)CC1)CC2=O. The molecule has 0 atom stereocenters. The lowest BCUT2D eigenvalue weighted by Crippen LogP contribution is -2.52. The van der Waals surface area contributed by atoms with Crippen molar-refractivity contribution >= 4 is 27.4 Å². The zero-order valence-electron chi connectivity index (χ0n) is 15.9. The first kappa shape index (κ1) is 19.4. The molecule has 2 aromatic rings. The van der Waals surface area contributed by atoms with Gasteiger partial charge in [0, 0.05) is 31.0 Å². The fraction of sp³-hybridized carbons (Fsp3) is 0.381. The number of fused-ring (bicyclic) bond motifs is 1. The Bertz CT molecular complexity index is 1040. The molecule has 0 bridgehead atoms. The van der Waals surface area contributed by atoms with E-state index in [0.717, 1.165) is 11.1 Å². The smallest absolute Gasteiger partial charge is 0.243 e. The molecule has 0 aliphatic carbocycles. The number of ether oxygens (including phenoxy) is 1. The number of halogens is 1. The number of ketones is 1. The van der Waals surface area contributed by atoms with Crippen LogP contribution < -0.4 is 4.74 Å². The van der Waals surface area contributed by atoms with E-state index in [2.05, 4.69) is 0 Å². The summed E-state index contributed by atoms with van der Waals surface area (Å²) in [6.07, 6.45) is 1.26. The minimum absolute atomic E-state index is 0.0766. The summed E-state index contributed by atoms with van der Waals surface area (Å²) >= 11 is 5.87. The lowest BCUT2D eigenvalue weighted by Gasteiger charge is -2.43. The Hall–Kier alpha value is -1.89. The Morgan fingerprint density at radius 3 is 2.36 bits per heavy atom. The Morgan fingerprint density at radius 1 is 1.07 bits per heavy atom. The average Bonchev–Trinajstić information content (AvgIpc) is 2.61. The zero-order chi connectivity index (χ0) is 20.1. The Labute approximate surface area is 170 Å². The van der Waals surface area contributed by atoms with Gasteiger partial charge in [-0.2, -0.15) is 4.31 Å². The van der Waals surface area contributed by atoms with Crippen molar-refractivity contribution in [2.45, 2.75) is 43.6 Å². The molecular weight excluding hydrogens is 398 g/mol. The van der Waals surface area contributed by atoms with Crippen molar-refractivity contribution in [2.75, 3.05) is 13.1 Å². The number of sulfonamides is 1. The number of Topliss-reactive ketones (excluding diaryl/α,β-unsaturated/α-hetero) is 1. The molecule has 0 radical (unpaired) electrons. The van der Waals surface area contributed by atoms with Crippen molar-refractivity contribution in [2.24, 2.45) is 0 Å². The van der Waals surface area contributed by atoms with Crippen LogP contribution in [0.1, 0.15) is 40.7 Å². The quantitative estimate of drug-likeness (QED) is 0.733. The van der Waals surface area contributed by atoms with Gasteiger partial charge in [0.1, 0.15) is 11.4 Å². The number of piperidine rings is 1. The largest absolute Gasteiger partial charge is 0.486 e. The van der Waals surface area contributed by atoms with Crippen LogP contribution in [0.15, 0.2) is 41.3 Å². The standard InChI is InChI=1S/C21H22ClNO4S/c1-14-11-15(2)20-18(24)13-21(27-19(20)12-14)7-9-23(10-8-21)28(25,26)17-5-3-16(22)4-6-17/h3-6,11-12H,7-10,13H2,1-2H3. The van der Waals surface area contributed by atoms with Gasteiger partial charge in [-0.3, -0.25) is 4.79 Å². The molecule has 2 heterocycles. The molecule has 148 valence electrons. The van der Waals surface area contributed by atoms with Crippen LogP contribution >= 0.6 is 11.6 Å². The molecule has 0 aromatic heterocycles. The van der Waals surface area contributed by atoms with Crippen molar-refractivity contribution in [3.8, 4) is 5.75 Å². The van der Waals surface area contributed by atoms with Crippen LogP contribution in [-0.4, -0.2) is 37.2 Å². The monoisotopic (exact) mass is 419 g/mol. The van der Waals surface area contributed by atoms with Crippen molar-refractivity contribution < 1.29 is 17.9 Å². The van der Waals surface area contributed by atoms with Crippen molar-refractivity contribution in [1.29, 1.82) is 0 Å². The Kier molecular flexibility index (Phi) is 4.76. The van der Waals surface area contributed by atoms with Gasteiger partial charge in [0.2, 0.25) is 10.0 Å². The molecule has 0 N–H and O–H groups in total. The fourth-order valence-electron chi connectivity index (χ4n) is 4.19. The molecule has 28 heavy (non-hydrogen) atoms. The van der Waals surface area contributed by atoms with Crippen LogP contribution in [0.4, 0.5) is 0 Å². The summed E-state index contributed by atoms with van der Waals surface area (Å²) in [7, 11) is -3.59. The summed E-state index contributed by atoms with van der Waals surface area (Å²) in [5, 5.41) is 0.495. The maximum absolute atomic E-state index is 12.9. The molecule has 2 aliphatic heterocycles. The second-order valence-electron chi connectivity index (χ2n) is 7.70. The number of nitrogens with zero attached hydrogens (tertiary/aromatic N) is 1. The molecular formula is C21H22ClNO4S. The predicted molar refractivity (Wildman–Crippen MR) is 108 cm³/mol. The van der Waals surface area contributed by atoms with E-state index in [1.807, 2.05) is 26.0 Å². The number of hydrogen-bond donors (Lipinski definition) is 0. The van der Waals surface area contributed by atoms with E-state index >= 15 is 0 Å². The molecule has 4 rings (SSSR count). The van der Waals surface area contributed by atoms with Crippen LogP contribution in [0.3, 0.4) is 0 Å². The second-order valence-corrected chi connectivity index (χ2v) is 10.1. The highest BCUT2D eigenvalue weighted by Crippen LogP contribution is 2.41. The maximum atomic E-state index is 12.9. The number of carbonyl (C=O) groups excluding carboxylic acids is 1. The number of carbonyl (C=O) groups is 1. The summed E-state index contributed by atoms with van der Waals surface area (Å²) in [5.74, 6) is 0.704. The normalized spacial score (nSPS) is 19.3. The van der Waals surface area contributed by atoms with Crippen molar-refractivity contribution in [3.05, 3.63) is 58.1 Å². The first-order chi connectivity index (χ1) is 13.2. The molecule has 5 nitrogen and oxygen atoms in total.